The molecule has 0 atom stereocenters. The lowest BCUT2D eigenvalue weighted by atomic mass is 9.85. The van der Waals surface area contributed by atoms with Gasteiger partial charge in [-0.05, 0) is 37.5 Å². The molecule has 1 amide bonds. The van der Waals surface area contributed by atoms with E-state index in [4.69, 9.17) is 5.73 Å². The van der Waals surface area contributed by atoms with Crippen LogP contribution in [0.2, 0.25) is 0 Å². The zero-order chi connectivity index (χ0) is 10.8. The van der Waals surface area contributed by atoms with Crippen LogP contribution in [0.3, 0.4) is 0 Å². The number of nitrogen functional groups attached to an aromatic ring is 1. The molecule has 1 aliphatic carbocycles. The molecule has 80 valence electrons. The van der Waals surface area contributed by atoms with Crippen LogP contribution in [0.5, 0.6) is 0 Å². The zero-order valence-electron chi connectivity index (χ0n) is 8.92. The van der Waals surface area contributed by atoms with Gasteiger partial charge in [-0.3, -0.25) is 4.79 Å². The van der Waals surface area contributed by atoms with Crippen LogP contribution in [-0.2, 0) is 4.79 Å². The molecule has 1 aliphatic rings. The van der Waals surface area contributed by atoms with E-state index in [1.165, 1.54) is 6.42 Å². The van der Waals surface area contributed by atoms with Crippen LogP contribution in [0.1, 0.15) is 24.8 Å². The minimum atomic E-state index is 0.110. The van der Waals surface area contributed by atoms with Gasteiger partial charge in [-0.2, -0.15) is 0 Å². The molecular formula is C12H16N2O. The van der Waals surface area contributed by atoms with Crippen molar-refractivity contribution < 1.29 is 4.79 Å². The third-order valence-electron chi connectivity index (χ3n) is 2.94. The zero-order valence-corrected chi connectivity index (χ0v) is 8.92. The van der Waals surface area contributed by atoms with Crippen molar-refractivity contribution in [3.8, 4) is 0 Å². The summed E-state index contributed by atoms with van der Waals surface area (Å²) in [7, 11) is 0. The van der Waals surface area contributed by atoms with E-state index < -0.39 is 0 Å². The van der Waals surface area contributed by atoms with Gasteiger partial charge in [-0.1, -0.05) is 12.5 Å². The number of hydrogen-bond acceptors (Lipinski definition) is 2. The molecule has 0 spiro atoms. The lowest BCUT2D eigenvalue weighted by molar-refractivity contribution is -0.122. The Morgan fingerprint density at radius 2 is 2.20 bits per heavy atom. The van der Waals surface area contributed by atoms with E-state index in [9.17, 15) is 4.79 Å². The standard InChI is InChI=1S/C12H16N2O/c1-8-5-6-10(13)11(7-8)14-12(15)9-3-2-4-9/h5-7,9H,2-4,13H2,1H3,(H,14,15). The first-order chi connectivity index (χ1) is 7.16. The minimum Gasteiger partial charge on any atom is -0.397 e. The summed E-state index contributed by atoms with van der Waals surface area (Å²) in [5.74, 6) is 0.309. The second kappa shape index (κ2) is 3.93. The van der Waals surface area contributed by atoms with Gasteiger partial charge in [-0.15, -0.1) is 0 Å². The number of nitrogens with two attached hydrogens (primary N) is 1. The fourth-order valence-electron chi connectivity index (χ4n) is 1.68. The first-order valence-electron chi connectivity index (χ1n) is 5.34. The molecule has 1 saturated carbocycles. The van der Waals surface area contributed by atoms with Crippen LogP contribution >= 0.6 is 0 Å². The average Bonchev–Trinajstić information content (AvgIpc) is 2.08. The molecule has 0 bridgehead atoms. The molecule has 0 aromatic heterocycles. The fourth-order valence-corrected chi connectivity index (χ4v) is 1.68. The summed E-state index contributed by atoms with van der Waals surface area (Å²) in [6.07, 6.45) is 3.19. The Morgan fingerprint density at radius 1 is 1.47 bits per heavy atom. The summed E-state index contributed by atoms with van der Waals surface area (Å²) < 4.78 is 0. The van der Waals surface area contributed by atoms with Gasteiger partial charge >= 0.3 is 0 Å². The fraction of sp³-hybridized carbons (Fsp3) is 0.417. The molecule has 0 unspecified atom stereocenters. The van der Waals surface area contributed by atoms with Gasteiger partial charge < -0.3 is 11.1 Å². The number of carbonyl (C=O) groups is 1. The molecule has 1 fully saturated rings. The van der Waals surface area contributed by atoms with Crippen molar-refractivity contribution in [2.75, 3.05) is 11.1 Å². The molecule has 2 rings (SSSR count). The molecule has 0 heterocycles. The number of benzene rings is 1. The molecule has 0 radical (unpaired) electrons. The van der Waals surface area contributed by atoms with Crippen molar-refractivity contribution in [2.45, 2.75) is 26.2 Å². The summed E-state index contributed by atoms with van der Waals surface area (Å²) in [4.78, 5) is 11.7. The van der Waals surface area contributed by atoms with E-state index in [1.807, 2.05) is 25.1 Å². The van der Waals surface area contributed by atoms with Crippen LogP contribution in [-0.4, -0.2) is 5.91 Å². The quantitative estimate of drug-likeness (QED) is 0.726. The van der Waals surface area contributed by atoms with Crippen molar-refractivity contribution >= 4 is 17.3 Å². The first-order valence-corrected chi connectivity index (χ1v) is 5.34. The largest absolute Gasteiger partial charge is 0.397 e. The lowest BCUT2D eigenvalue weighted by Crippen LogP contribution is -2.28. The number of aryl methyl sites for hydroxylation is 1. The highest BCUT2D eigenvalue weighted by molar-refractivity contribution is 5.95. The van der Waals surface area contributed by atoms with E-state index >= 15 is 0 Å². The number of nitrogens with one attached hydrogen (secondary N) is 1. The predicted molar refractivity (Wildman–Crippen MR) is 61.6 cm³/mol. The summed E-state index contributed by atoms with van der Waals surface area (Å²) in [5, 5.41) is 2.89. The predicted octanol–water partition coefficient (Wildman–Crippen LogP) is 2.32. The molecule has 15 heavy (non-hydrogen) atoms. The Labute approximate surface area is 89.7 Å². The highest BCUT2D eigenvalue weighted by Crippen LogP contribution is 2.28. The Balaban J connectivity index is 2.09. The van der Waals surface area contributed by atoms with E-state index in [0.717, 1.165) is 24.1 Å². The molecule has 1 aromatic rings. The molecular weight excluding hydrogens is 188 g/mol. The summed E-state index contributed by atoms with van der Waals surface area (Å²) in [5.41, 5.74) is 8.26. The topological polar surface area (TPSA) is 55.1 Å². The Morgan fingerprint density at radius 3 is 2.80 bits per heavy atom. The number of carbonyl (C=O) groups excluding carboxylic acids is 1. The van der Waals surface area contributed by atoms with Crippen molar-refractivity contribution in [1.29, 1.82) is 0 Å². The molecule has 3 heteroatoms. The molecule has 3 nitrogen and oxygen atoms in total. The Hall–Kier alpha value is -1.51. The van der Waals surface area contributed by atoms with Crippen molar-refractivity contribution in [2.24, 2.45) is 5.92 Å². The smallest absolute Gasteiger partial charge is 0.227 e. The molecule has 0 saturated heterocycles. The first kappa shape index (κ1) is 10.0. The van der Waals surface area contributed by atoms with Crippen LogP contribution in [0.4, 0.5) is 11.4 Å². The van der Waals surface area contributed by atoms with Gasteiger partial charge in [0, 0.05) is 5.92 Å². The SMILES string of the molecule is Cc1ccc(N)c(NC(=O)C2CCC2)c1. The van der Waals surface area contributed by atoms with Gasteiger partial charge in [0.1, 0.15) is 0 Å². The molecule has 0 aliphatic heterocycles. The maximum absolute atomic E-state index is 11.7. The molecule has 3 N–H and O–H groups in total. The van der Waals surface area contributed by atoms with Crippen LogP contribution in [0, 0.1) is 12.8 Å². The highest BCUT2D eigenvalue weighted by atomic mass is 16.1. The van der Waals surface area contributed by atoms with Crippen LogP contribution < -0.4 is 11.1 Å². The van der Waals surface area contributed by atoms with Crippen molar-refractivity contribution in [3.63, 3.8) is 0 Å². The van der Waals surface area contributed by atoms with Gasteiger partial charge in [0.2, 0.25) is 5.91 Å². The number of anilines is 2. The van der Waals surface area contributed by atoms with E-state index in [-0.39, 0.29) is 11.8 Å². The summed E-state index contributed by atoms with van der Waals surface area (Å²) in [6, 6.07) is 5.67. The van der Waals surface area contributed by atoms with E-state index in [1.54, 1.807) is 0 Å². The van der Waals surface area contributed by atoms with Crippen molar-refractivity contribution in [3.05, 3.63) is 23.8 Å². The summed E-state index contributed by atoms with van der Waals surface area (Å²) in [6.45, 7) is 1.98. The Kier molecular flexibility index (Phi) is 2.62. The Bertz CT molecular complexity index is 383. The molecule has 1 aromatic carbocycles. The van der Waals surface area contributed by atoms with Gasteiger partial charge in [0.25, 0.3) is 0 Å². The maximum Gasteiger partial charge on any atom is 0.227 e. The minimum absolute atomic E-state index is 0.110. The van der Waals surface area contributed by atoms with Crippen LogP contribution in [0.25, 0.3) is 0 Å². The average molecular weight is 204 g/mol. The summed E-state index contributed by atoms with van der Waals surface area (Å²) >= 11 is 0. The van der Waals surface area contributed by atoms with E-state index in [0.29, 0.717) is 5.69 Å². The highest BCUT2D eigenvalue weighted by Gasteiger charge is 2.25. The van der Waals surface area contributed by atoms with Gasteiger partial charge in [0.05, 0.1) is 11.4 Å². The third-order valence-corrected chi connectivity index (χ3v) is 2.94. The number of hydrogen-bond donors (Lipinski definition) is 2. The number of amides is 1. The second-order valence-corrected chi connectivity index (χ2v) is 4.21. The second-order valence-electron chi connectivity index (χ2n) is 4.21. The normalized spacial score (nSPS) is 15.8. The third kappa shape index (κ3) is 2.12. The lowest BCUT2D eigenvalue weighted by Gasteiger charge is -2.24. The van der Waals surface area contributed by atoms with E-state index in [2.05, 4.69) is 5.32 Å². The maximum atomic E-state index is 11.7. The monoisotopic (exact) mass is 204 g/mol. The number of rotatable bonds is 2. The van der Waals surface area contributed by atoms with Gasteiger partial charge in [0.15, 0.2) is 0 Å². The van der Waals surface area contributed by atoms with Crippen LogP contribution in [0.15, 0.2) is 18.2 Å². The van der Waals surface area contributed by atoms with Gasteiger partial charge in [-0.25, -0.2) is 0 Å². The van der Waals surface area contributed by atoms with Crippen molar-refractivity contribution in [1.82, 2.24) is 0 Å².